The molecule has 0 amide bonds. The molecule has 0 saturated carbocycles. The second kappa shape index (κ2) is 8.24. The molecule has 0 aliphatic carbocycles. The van der Waals surface area contributed by atoms with Crippen LogP contribution in [-0.4, -0.2) is 16.5 Å². The normalized spacial score (nSPS) is 11.8. The number of benzene rings is 2. The summed E-state index contributed by atoms with van der Waals surface area (Å²) in [5, 5.41) is 6.66. The molecule has 2 aromatic carbocycles. The molecule has 1 atom stereocenters. The van der Waals surface area contributed by atoms with Crippen LogP contribution in [-0.2, 0) is 6.42 Å². The van der Waals surface area contributed by atoms with E-state index in [2.05, 4.69) is 39.7 Å². The summed E-state index contributed by atoms with van der Waals surface area (Å²) < 4.78 is 12.9. The van der Waals surface area contributed by atoms with Crippen LogP contribution in [0.25, 0.3) is 0 Å². The third-order valence-corrected chi connectivity index (χ3v) is 3.96. The number of hydrogen-bond acceptors (Lipinski definition) is 4. The highest BCUT2D eigenvalue weighted by Crippen LogP contribution is 2.18. The molecular weight excluding hydrogens is 315 g/mol. The average Bonchev–Trinajstić information content (AvgIpc) is 2.64. The molecule has 0 bridgehead atoms. The van der Waals surface area contributed by atoms with E-state index in [9.17, 15) is 4.39 Å². The standard InChI is InChI=1S/C20H21FN4/c1-15(17-5-3-2-4-6-17)25-20-13-19(23-14-24-20)22-12-11-16-7-9-18(21)10-8-16/h2-10,13-15H,11-12H2,1H3,(H2,22,23,24,25)/t15-/m0/s1. The minimum atomic E-state index is -0.212. The van der Waals surface area contributed by atoms with E-state index < -0.39 is 0 Å². The van der Waals surface area contributed by atoms with Gasteiger partial charge in [0.1, 0.15) is 23.8 Å². The highest BCUT2D eigenvalue weighted by Gasteiger charge is 2.06. The largest absolute Gasteiger partial charge is 0.370 e. The van der Waals surface area contributed by atoms with Crippen molar-refractivity contribution in [3.05, 3.63) is 83.9 Å². The van der Waals surface area contributed by atoms with Crippen LogP contribution in [0, 0.1) is 5.82 Å². The highest BCUT2D eigenvalue weighted by atomic mass is 19.1. The summed E-state index contributed by atoms with van der Waals surface area (Å²) in [6.45, 7) is 2.81. The van der Waals surface area contributed by atoms with Crippen molar-refractivity contribution in [2.45, 2.75) is 19.4 Å². The van der Waals surface area contributed by atoms with E-state index in [4.69, 9.17) is 0 Å². The van der Waals surface area contributed by atoms with Crippen LogP contribution in [0.4, 0.5) is 16.0 Å². The maximum absolute atomic E-state index is 12.9. The molecule has 0 aliphatic heterocycles. The summed E-state index contributed by atoms with van der Waals surface area (Å²) in [5.74, 6) is 1.33. The fourth-order valence-corrected chi connectivity index (χ4v) is 2.57. The molecule has 0 unspecified atom stereocenters. The van der Waals surface area contributed by atoms with Gasteiger partial charge in [-0.15, -0.1) is 0 Å². The Morgan fingerprint density at radius 2 is 1.68 bits per heavy atom. The van der Waals surface area contributed by atoms with E-state index in [-0.39, 0.29) is 11.9 Å². The first-order chi connectivity index (χ1) is 12.2. The van der Waals surface area contributed by atoms with Crippen molar-refractivity contribution in [2.75, 3.05) is 17.2 Å². The van der Waals surface area contributed by atoms with Gasteiger partial charge in [0.25, 0.3) is 0 Å². The molecule has 4 nitrogen and oxygen atoms in total. The van der Waals surface area contributed by atoms with Gasteiger partial charge in [-0.2, -0.15) is 0 Å². The van der Waals surface area contributed by atoms with Gasteiger partial charge in [0, 0.05) is 18.7 Å². The molecule has 1 heterocycles. The van der Waals surface area contributed by atoms with E-state index in [1.54, 1.807) is 18.5 Å². The van der Waals surface area contributed by atoms with E-state index in [1.807, 2.05) is 24.3 Å². The zero-order chi connectivity index (χ0) is 17.5. The first-order valence-corrected chi connectivity index (χ1v) is 8.32. The summed E-state index contributed by atoms with van der Waals surface area (Å²) in [7, 11) is 0. The first-order valence-electron chi connectivity index (χ1n) is 8.32. The minimum absolute atomic E-state index is 0.156. The Balaban J connectivity index is 1.55. The van der Waals surface area contributed by atoms with E-state index in [0.717, 1.165) is 30.2 Å². The van der Waals surface area contributed by atoms with E-state index in [0.29, 0.717) is 0 Å². The summed E-state index contributed by atoms with van der Waals surface area (Å²) in [4.78, 5) is 8.52. The van der Waals surface area contributed by atoms with Gasteiger partial charge in [0.15, 0.2) is 0 Å². The molecule has 25 heavy (non-hydrogen) atoms. The Bertz CT molecular complexity index is 790. The number of nitrogens with one attached hydrogen (secondary N) is 2. The number of nitrogens with zero attached hydrogens (tertiary/aromatic N) is 2. The topological polar surface area (TPSA) is 49.8 Å². The molecule has 3 aromatic rings. The fraction of sp³-hybridized carbons (Fsp3) is 0.200. The summed E-state index contributed by atoms with van der Waals surface area (Å²) in [6, 6.07) is 18.8. The number of halogens is 1. The number of rotatable bonds is 7. The van der Waals surface area contributed by atoms with E-state index >= 15 is 0 Å². The van der Waals surface area contributed by atoms with Gasteiger partial charge in [-0.05, 0) is 36.6 Å². The molecule has 1 aromatic heterocycles. The highest BCUT2D eigenvalue weighted by molar-refractivity contribution is 5.47. The van der Waals surface area contributed by atoms with Crippen LogP contribution < -0.4 is 10.6 Å². The summed E-state index contributed by atoms with van der Waals surface area (Å²) in [6.07, 6.45) is 2.34. The van der Waals surface area contributed by atoms with Gasteiger partial charge in [-0.1, -0.05) is 42.5 Å². The Kier molecular flexibility index (Phi) is 5.57. The van der Waals surface area contributed by atoms with Gasteiger partial charge in [-0.3, -0.25) is 0 Å². The summed E-state index contributed by atoms with van der Waals surface area (Å²) >= 11 is 0. The second-order valence-corrected chi connectivity index (χ2v) is 5.87. The van der Waals surface area contributed by atoms with Gasteiger partial charge in [0.05, 0.1) is 0 Å². The quantitative estimate of drug-likeness (QED) is 0.669. The summed E-state index contributed by atoms with van der Waals surface area (Å²) in [5.41, 5.74) is 2.28. The molecule has 0 aliphatic rings. The first kappa shape index (κ1) is 16.9. The van der Waals surface area contributed by atoms with Crippen LogP contribution in [0.2, 0.25) is 0 Å². The van der Waals surface area contributed by atoms with Crippen molar-refractivity contribution < 1.29 is 4.39 Å². The predicted octanol–water partition coefficient (Wildman–Crippen LogP) is 4.44. The number of aromatic nitrogens is 2. The maximum Gasteiger partial charge on any atom is 0.131 e. The lowest BCUT2D eigenvalue weighted by Crippen LogP contribution is -2.10. The molecule has 5 heteroatoms. The van der Waals surface area contributed by atoms with Crippen LogP contribution in [0.15, 0.2) is 67.0 Å². The minimum Gasteiger partial charge on any atom is -0.370 e. The zero-order valence-electron chi connectivity index (χ0n) is 14.1. The van der Waals surface area contributed by atoms with Crippen molar-refractivity contribution >= 4 is 11.6 Å². The average molecular weight is 336 g/mol. The SMILES string of the molecule is C[C@H](Nc1cc(NCCc2ccc(F)cc2)ncn1)c1ccccc1. The molecule has 0 saturated heterocycles. The van der Waals surface area contributed by atoms with Gasteiger partial charge < -0.3 is 10.6 Å². The van der Waals surface area contributed by atoms with Crippen LogP contribution in [0.1, 0.15) is 24.1 Å². The predicted molar refractivity (Wildman–Crippen MR) is 99.1 cm³/mol. The van der Waals surface area contributed by atoms with Crippen LogP contribution in [0.3, 0.4) is 0 Å². The molecule has 0 radical (unpaired) electrons. The lowest BCUT2D eigenvalue weighted by atomic mass is 10.1. The van der Waals surface area contributed by atoms with Gasteiger partial charge >= 0.3 is 0 Å². The molecule has 2 N–H and O–H groups in total. The Hall–Kier alpha value is -2.95. The van der Waals surface area contributed by atoms with E-state index in [1.165, 1.54) is 17.7 Å². The molecule has 3 rings (SSSR count). The Labute approximate surface area is 147 Å². The van der Waals surface area contributed by atoms with Crippen LogP contribution >= 0.6 is 0 Å². The van der Waals surface area contributed by atoms with Gasteiger partial charge in [-0.25, -0.2) is 14.4 Å². The lowest BCUT2D eigenvalue weighted by molar-refractivity contribution is 0.627. The monoisotopic (exact) mass is 336 g/mol. The number of hydrogen-bond donors (Lipinski definition) is 2. The van der Waals surface area contributed by atoms with Crippen molar-refractivity contribution in [3.8, 4) is 0 Å². The molecule has 0 fully saturated rings. The smallest absolute Gasteiger partial charge is 0.131 e. The van der Waals surface area contributed by atoms with Crippen molar-refractivity contribution in [2.24, 2.45) is 0 Å². The van der Waals surface area contributed by atoms with Crippen molar-refractivity contribution in [1.29, 1.82) is 0 Å². The van der Waals surface area contributed by atoms with Crippen LogP contribution in [0.5, 0.6) is 0 Å². The lowest BCUT2D eigenvalue weighted by Gasteiger charge is -2.15. The third kappa shape index (κ3) is 5.01. The Morgan fingerprint density at radius 3 is 2.44 bits per heavy atom. The Morgan fingerprint density at radius 1 is 0.960 bits per heavy atom. The number of anilines is 2. The zero-order valence-corrected chi connectivity index (χ0v) is 14.1. The fourth-order valence-electron chi connectivity index (χ4n) is 2.57. The second-order valence-electron chi connectivity index (χ2n) is 5.87. The molecule has 128 valence electrons. The van der Waals surface area contributed by atoms with Crippen molar-refractivity contribution in [1.82, 2.24) is 9.97 Å². The molecular formula is C20H21FN4. The molecule has 0 spiro atoms. The maximum atomic E-state index is 12.9. The van der Waals surface area contributed by atoms with Gasteiger partial charge in [0.2, 0.25) is 0 Å². The third-order valence-electron chi connectivity index (χ3n) is 3.96. The van der Waals surface area contributed by atoms with Crippen molar-refractivity contribution in [3.63, 3.8) is 0 Å².